The minimum atomic E-state index is -0.891. The molecule has 1 saturated heterocycles. The number of carbonyl (C=O) groups is 2. The van der Waals surface area contributed by atoms with E-state index < -0.39 is 29.6 Å². The monoisotopic (exact) mass is 322 g/mol. The summed E-state index contributed by atoms with van der Waals surface area (Å²) < 4.78 is 20.9. The first-order chi connectivity index (χ1) is 10.8. The third-order valence-corrected chi connectivity index (χ3v) is 3.71. The fourth-order valence-corrected chi connectivity index (χ4v) is 2.20. The fraction of sp³-hybridized carbons (Fsp3) is 0.529. The van der Waals surface area contributed by atoms with Gasteiger partial charge in [0.2, 0.25) is 6.10 Å². The Morgan fingerprint density at radius 1 is 1.43 bits per heavy atom. The van der Waals surface area contributed by atoms with Crippen molar-refractivity contribution in [1.29, 1.82) is 0 Å². The second-order valence-electron chi connectivity index (χ2n) is 6.22. The van der Waals surface area contributed by atoms with Crippen LogP contribution in [0, 0.1) is 5.41 Å². The summed E-state index contributed by atoms with van der Waals surface area (Å²) in [5.74, 6) is -0.370. The molecule has 6 heteroatoms. The third kappa shape index (κ3) is 4.22. The predicted octanol–water partition coefficient (Wildman–Crippen LogP) is 2.10. The van der Waals surface area contributed by atoms with Crippen LogP contribution in [0.1, 0.15) is 26.3 Å². The van der Waals surface area contributed by atoms with E-state index in [4.69, 9.17) is 18.9 Å². The Morgan fingerprint density at radius 3 is 2.78 bits per heavy atom. The zero-order valence-corrected chi connectivity index (χ0v) is 13.8. The highest BCUT2D eigenvalue weighted by Gasteiger charge is 2.47. The van der Waals surface area contributed by atoms with Crippen molar-refractivity contribution in [2.24, 2.45) is 5.41 Å². The maximum atomic E-state index is 12.1. The maximum absolute atomic E-state index is 12.1. The molecule has 1 aromatic carbocycles. The van der Waals surface area contributed by atoms with Crippen LogP contribution in [0.2, 0.25) is 0 Å². The average Bonchev–Trinajstić information content (AvgIpc) is 2.79. The molecule has 0 amide bonds. The SMILES string of the molecule is COc1cccc(CO[C@H](C)C(=O)O[C@H]2C(=O)OCC2(C)C)c1. The van der Waals surface area contributed by atoms with Crippen LogP contribution < -0.4 is 4.74 Å². The van der Waals surface area contributed by atoms with E-state index in [9.17, 15) is 9.59 Å². The van der Waals surface area contributed by atoms with Gasteiger partial charge in [0, 0.05) is 5.41 Å². The van der Waals surface area contributed by atoms with Gasteiger partial charge in [-0.25, -0.2) is 9.59 Å². The molecule has 0 N–H and O–H groups in total. The van der Waals surface area contributed by atoms with Gasteiger partial charge in [0.15, 0.2) is 6.10 Å². The normalized spacial score (nSPS) is 20.7. The molecule has 0 spiro atoms. The number of methoxy groups -OCH3 is 1. The minimum Gasteiger partial charge on any atom is -0.497 e. The number of carbonyl (C=O) groups excluding carboxylic acids is 2. The number of rotatable bonds is 6. The van der Waals surface area contributed by atoms with Crippen LogP contribution in [0.5, 0.6) is 5.75 Å². The lowest BCUT2D eigenvalue weighted by Crippen LogP contribution is -2.38. The first-order valence-corrected chi connectivity index (χ1v) is 7.45. The van der Waals surface area contributed by atoms with Crippen molar-refractivity contribution < 1.29 is 28.5 Å². The minimum absolute atomic E-state index is 0.239. The molecule has 0 aromatic heterocycles. The van der Waals surface area contributed by atoms with Gasteiger partial charge in [-0.05, 0) is 24.6 Å². The number of hydrogen-bond donors (Lipinski definition) is 0. The average molecular weight is 322 g/mol. The van der Waals surface area contributed by atoms with Gasteiger partial charge in [0.05, 0.1) is 13.7 Å². The summed E-state index contributed by atoms with van der Waals surface area (Å²) in [4.78, 5) is 23.7. The lowest BCUT2D eigenvalue weighted by atomic mass is 9.90. The highest BCUT2D eigenvalue weighted by Crippen LogP contribution is 2.31. The Hall–Kier alpha value is -2.08. The van der Waals surface area contributed by atoms with Gasteiger partial charge in [-0.2, -0.15) is 0 Å². The molecule has 1 fully saturated rings. The molecule has 1 heterocycles. The van der Waals surface area contributed by atoms with Crippen LogP contribution in [0.25, 0.3) is 0 Å². The molecule has 2 atom stereocenters. The van der Waals surface area contributed by atoms with Gasteiger partial charge in [-0.1, -0.05) is 26.0 Å². The summed E-state index contributed by atoms with van der Waals surface area (Å²) >= 11 is 0. The van der Waals surface area contributed by atoms with E-state index in [2.05, 4.69) is 0 Å². The largest absolute Gasteiger partial charge is 0.497 e. The highest BCUT2D eigenvalue weighted by atomic mass is 16.6. The number of ether oxygens (including phenoxy) is 4. The molecule has 23 heavy (non-hydrogen) atoms. The maximum Gasteiger partial charge on any atom is 0.348 e. The molecular weight excluding hydrogens is 300 g/mol. The summed E-state index contributed by atoms with van der Waals surface area (Å²) in [6.07, 6.45) is -1.68. The summed E-state index contributed by atoms with van der Waals surface area (Å²) in [7, 11) is 1.59. The highest BCUT2D eigenvalue weighted by molar-refractivity contribution is 5.83. The lowest BCUT2D eigenvalue weighted by Gasteiger charge is -2.23. The van der Waals surface area contributed by atoms with Crippen LogP contribution in [0.3, 0.4) is 0 Å². The van der Waals surface area contributed by atoms with Gasteiger partial charge >= 0.3 is 11.9 Å². The second-order valence-corrected chi connectivity index (χ2v) is 6.22. The molecule has 0 aliphatic carbocycles. The van der Waals surface area contributed by atoms with Crippen LogP contribution in [-0.4, -0.2) is 37.9 Å². The van der Waals surface area contributed by atoms with E-state index in [0.29, 0.717) is 0 Å². The molecule has 0 radical (unpaired) electrons. The Balaban J connectivity index is 1.88. The fourth-order valence-electron chi connectivity index (χ4n) is 2.20. The molecule has 1 aliphatic rings. The summed E-state index contributed by atoms with van der Waals surface area (Å²) in [5, 5.41) is 0. The van der Waals surface area contributed by atoms with E-state index in [0.717, 1.165) is 11.3 Å². The predicted molar refractivity (Wildman–Crippen MR) is 81.9 cm³/mol. The summed E-state index contributed by atoms with van der Waals surface area (Å²) in [5.41, 5.74) is 0.351. The van der Waals surface area contributed by atoms with Crippen molar-refractivity contribution in [3.05, 3.63) is 29.8 Å². The van der Waals surface area contributed by atoms with Gasteiger partial charge in [0.25, 0.3) is 0 Å². The molecule has 1 aromatic rings. The van der Waals surface area contributed by atoms with Crippen molar-refractivity contribution in [3.63, 3.8) is 0 Å². The summed E-state index contributed by atoms with van der Waals surface area (Å²) in [6, 6.07) is 7.38. The Kier molecular flexibility index (Phi) is 5.26. The van der Waals surface area contributed by atoms with Gasteiger partial charge in [-0.3, -0.25) is 0 Å². The molecule has 6 nitrogen and oxygen atoms in total. The van der Waals surface area contributed by atoms with Crippen molar-refractivity contribution in [2.45, 2.75) is 39.6 Å². The van der Waals surface area contributed by atoms with Gasteiger partial charge in [-0.15, -0.1) is 0 Å². The van der Waals surface area contributed by atoms with Crippen molar-refractivity contribution in [2.75, 3.05) is 13.7 Å². The van der Waals surface area contributed by atoms with E-state index in [-0.39, 0.29) is 13.2 Å². The Labute approximate surface area is 135 Å². The molecule has 0 saturated carbocycles. The molecule has 1 aliphatic heterocycles. The van der Waals surface area contributed by atoms with Crippen molar-refractivity contribution in [1.82, 2.24) is 0 Å². The molecular formula is C17H22O6. The molecule has 0 bridgehead atoms. The first-order valence-electron chi connectivity index (χ1n) is 7.45. The van der Waals surface area contributed by atoms with Gasteiger partial charge in [0.1, 0.15) is 12.4 Å². The molecule has 126 valence electrons. The quantitative estimate of drug-likeness (QED) is 0.747. The standard InChI is InChI=1S/C17H22O6/c1-11(21-9-12-6-5-7-13(8-12)20-4)15(18)23-14-16(19)22-10-17(14,2)3/h5-8,11,14H,9-10H2,1-4H3/t11-,14+/m1/s1. The van der Waals surface area contributed by atoms with E-state index >= 15 is 0 Å². The number of benzene rings is 1. The second kappa shape index (κ2) is 7.00. The molecule has 0 unspecified atom stereocenters. The number of esters is 2. The molecule has 2 rings (SSSR count). The summed E-state index contributed by atoms with van der Waals surface area (Å²) in [6.45, 7) is 5.71. The van der Waals surface area contributed by atoms with Crippen LogP contribution in [0.4, 0.5) is 0 Å². The Bertz CT molecular complexity index is 580. The van der Waals surface area contributed by atoms with E-state index in [1.165, 1.54) is 0 Å². The smallest absolute Gasteiger partial charge is 0.348 e. The van der Waals surface area contributed by atoms with Crippen molar-refractivity contribution in [3.8, 4) is 5.75 Å². The number of hydrogen-bond acceptors (Lipinski definition) is 6. The van der Waals surface area contributed by atoms with Gasteiger partial charge < -0.3 is 18.9 Å². The van der Waals surface area contributed by atoms with E-state index in [1.54, 1.807) is 14.0 Å². The topological polar surface area (TPSA) is 71.1 Å². The number of cyclic esters (lactones) is 1. The third-order valence-electron chi connectivity index (χ3n) is 3.71. The lowest BCUT2D eigenvalue weighted by molar-refractivity contribution is -0.172. The van der Waals surface area contributed by atoms with Crippen molar-refractivity contribution >= 4 is 11.9 Å². The van der Waals surface area contributed by atoms with Crippen LogP contribution in [0.15, 0.2) is 24.3 Å². The zero-order chi connectivity index (χ0) is 17.0. The first kappa shape index (κ1) is 17.3. The zero-order valence-electron chi connectivity index (χ0n) is 13.8. The van der Waals surface area contributed by atoms with Crippen LogP contribution in [-0.2, 0) is 30.4 Å². The van der Waals surface area contributed by atoms with E-state index in [1.807, 2.05) is 38.1 Å². The van der Waals surface area contributed by atoms with Crippen LogP contribution >= 0.6 is 0 Å². The Morgan fingerprint density at radius 2 is 2.17 bits per heavy atom.